The minimum atomic E-state index is -0.559. The summed E-state index contributed by atoms with van der Waals surface area (Å²) in [5, 5.41) is 9.74. The van der Waals surface area contributed by atoms with Gasteiger partial charge in [-0.1, -0.05) is 24.8 Å². The Balaban J connectivity index is 2.35. The summed E-state index contributed by atoms with van der Waals surface area (Å²) >= 11 is 0. The lowest BCUT2D eigenvalue weighted by atomic mass is 10.0. The zero-order valence-corrected chi connectivity index (χ0v) is 8.19. The fraction of sp³-hybridized carbons (Fsp3) is 0.333. The second-order valence-corrected chi connectivity index (χ2v) is 3.57. The zero-order valence-electron chi connectivity index (χ0n) is 8.19. The summed E-state index contributed by atoms with van der Waals surface area (Å²) in [6.45, 7) is 4.52. The molecule has 0 radical (unpaired) electrons. The van der Waals surface area contributed by atoms with Crippen molar-refractivity contribution in [3.63, 3.8) is 0 Å². The standard InChI is InChI=1S/C12H15NO/c1-2-12(14)13-9-5-7-10-6-3-4-8-11(10)13/h2-4,6,8,12,14H,1,5,7,9H2. The molecule has 0 aliphatic carbocycles. The van der Waals surface area contributed by atoms with Gasteiger partial charge in [-0.25, -0.2) is 0 Å². The van der Waals surface area contributed by atoms with Crippen LogP contribution >= 0.6 is 0 Å². The van der Waals surface area contributed by atoms with E-state index in [1.807, 2.05) is 17.0 Å². The molecule has 1 unspecified atom stereocenters. The van der Waals surface area contributed by atoms with Gasteiger partial charge in [0.05, 0.1) is 0 Å². The molecule has 0 spiro atoms. The molecule has 2 nitrogen and oxygen atoms in total. The molecular weight excluding hydrogens is 174 g/mol. The quantitative estimate of drug-likeness (QED) is 0.719. The number of nitrogens with zero attached hydrogens (tertiary/aromatic N) is 1. The van der Waals surface area contributed by atoms with Crippen LogP contribution in [-0.4, -0.2) is 17.9 Å². The number of aliphatic hydroxyl groups excluding tert-OH is 1. The van der Waals surface area contributed by atoms with Gasteiger partial charge in [-0.3, -0.25) is 0 Å². The van der Waals surface area contributed by atoms with Crippen LogP contribution in [-0.2, 0) is 6.42 Å². The Morgan fingerprint density at radius 1 is 1.43 bits per heavy atom. The topological polar surface area (TPSA) is 23.5 Å². The van der Waals surface area contributed by atoms with Crippen molar-refractivity contribution in [1.29, 1.82) is 0 Å². The van der Waals surface area contributed by atoms with Crippen LogP contribution < -0.4 is 4.90 Å². The fourth-order valence-corrected chi connectivity index (χ4v) is 1.96. The van der Waals surface area contributed by atoms with E-state index in [-0.39, 0.29) is 0 Å². The molecule has 1 N–H and O–H groups in total. The predicted molar refractivity (Wildman–Crippen MR) is 58.3 cm³/mol. The third-order valence-corrected chi connectivity index (χ3v) is 2.68. The average molecular weight is 189 g/mol. The minimum absolute atomic E-state index is 0.559. The smallest absolute Gasteiger partial charge is 0.145 e. The van der Waals surface area contributed by atoms with E-state index in [2.05, 4.69) is 18.7 Å². The van der Waals surface area contributed by atoms with E-state index in [4.69, 9.17) is 0 Å². The number of hydrogen-bond acceptors (Lipinski definition) is 2. The highest BCUT2D eigenvalue weighted by Gasteiger charge is 2.19. The Labute approximate surface area is 84.5 Å². The largest absolute Gasteiger partial charge is 0.370 e. The molecule has 0 amide bonds. The molecular formula is C12H15NO. The van der Waals surface area contributed by atoms with Crippen molar-refractivity contribution >= 4 is 5.69 Å². The van der Waals surface area contributed by atoms with Crippen LogP contribution in [0.15, 0.2) is 36.9 Å². The normalized spacial score (nSPS) is 17.4. The van der Waals surface area contributed by atoms with Gasteiger partial charge >= 0.3 is 0 Å². The third kappa shape index (κ3) is 1.53. The van der Waals surface area contributed by atoms with Crippen molar-refractivity contribution in [2.75, 3.05) is 11.4 Å². The number of fused-ring (bicyclic) bond motifs is 1. The number of rotatable bonds is 2. The fourth-order valence-electron chi connectivity index (χ4n) is 1.96. The molecule has 0 bridgehead atoms. The number of para-hydroxylation sites is 1. The van der Waals surface area contributed by atoms with Gasteiger partial charge in [-0.2, -0.15) is 0 Å². The highest BCUT2D eigenvalue weighted by molar-refractivity contribution is 5.56. The van der Waals surface area contributed by atoms with Crippen molar-refractivity contribution in [3.8, 4) is 0 Å². The summed E-state index contributed by atoms with van der Waals surface area (Å²) in [6.07, 6.45) is 3.22. The maximum absolute atomic E-state index is 9.74. The van der Waals surface area contributed by atoms with Gasteiger partial charge < -0.3 is 10.0 Å². The van der Waals surface area contributed by atoms with Crippen molar-refractivity contribution in [3.05, 3.63) is 42.5 Å². The summed E-state index contributed by atoms with van der Waals surface area (Å²) < 4.78 is 0. The molecule has 1 aliphatic rings. The van der Waals surface area contributed by atoms with Gasteiger partial charge in [0.1, 0.15) is 6.23 Å². The maximum Gasteiger partial charge on any atom is 0.145 e. The Bertz CT molecular complexity index is 335. The summed E-state index contributed by atoms with van der Waals surface area (Å²) in [5.41, 5.74) is 2.46. The highest BCUT2D eigenvalue weighted by Crippen LogP contribution is 2.27. The molecule has 1 aromatic carbocycles. The van der Waals surface area contributed by atoms with Crippen molar-refractivity contribution in [1.82, 2.24) is 0 Å². The highest BCUT2D eigenvalue weighted by atomic mass is 16.3. The molecule has 0 saturated heterocycles. The van der Waals surface area contributed by atoms with Gasteiger partial charge in [0.25, 0.3) is 0 Å². The van der Waals surface area contributed by atoms with Crippen molar-refractivity contribution in [2.24, 2.45) is 0 Å². The van der Waals surface area contributed by atoms with Crippen LogP contribution in [0.2, 0.25) is 0 Å². The van der Waals surface area contributed by atoms with E-state index in [1.165, 1.54) is 5.56 Å². The summed E-state index contributed by atoms with van der Waals surface area (Å²) in [7, 11) is 0. The van der Waals surface area contributed by atoms with E-state index in [0.717, 1.165) is 25.1 Å². The van der Waals surface area contributed by atoms with E-state index in [9.17, 15) is 5.11 Å². The van der Waals surface area contributed by atoms with Crippen LogP contribution in [0, 0.1) is 0 Å². The number of anilines is 1. The van der Waals surface area contributed by atoms with Crippen LogP contribution in [0.5, 0.6) is 0 Å². The molecule has 0 aromatic heterocycles. The molecule has 0 fully saturated rings. The Morgan fingerprint density at radius 3 is 3.00 bits per heavy atom. The summed E-state index contributed by atoms with van der Waals surface area (Å²) in [4.78, 5) is 1.99. The zero-order chi connectivity index (χ0) is 9.97. The number of benzene rings is 1. The lowest BCUT2D eigenvalue weighted by molar-refractivity contribution is 0.214. The summed E-state index contributed by atoms with van der Waals surface area (Å²) in [5.74, 6) is 0. The van der Waals surface area contributed by atoms with Crippen LogP contribution in [0.25, 0.3) is 0 Å². The number of aryl methyl sites for hydroxylation is 1. The lowest BCUT2D eigenvalue weighted by Crippen LogP contribution is -2.37. The second kappa shape index (κ2) is 3.84. The first-order chi connectivity index (χ1) is 6.83. The van der Waals surface area contributed by atoms with Crippen LogP contribution in [0.1, 0.15) is 12.0 Å². The lowest BCUT2D eigenvalue weighted by Gasteiger charge is -2.33. The second-order valence-electron chi connectivity index (χ2n) is 3.57. The third-order valence-electron chi connectivity index (χ3n) is 2.68. The van der Waals surface area contributed by atoms with Crippen molar-refractivity contribution < 1.29 is 5.11 Å². The molecule has 1 aromatic rings. The van der Waals surface area contributed by atoms with E-state index >= 15 is 0 Å². The van der Waals surface area contributed by atoms with Gasteiger partial charge in [0.2, 0.25) is 0 Å². The Kier molecular flexibility index (Phi) is 2.55. The SMILES string of the molecule is C=CC(O)N1CCCc2ccccc21. The Hall–Kier alpha value is -1.28. The number of hydrogen-bond donors (Lipinski definition) is 1. The molecule has 1 aliphatic heterocycles. The molecule has 74 valence electrons. The molecule has 1 atom stereocenters. The summed E-state index contributed by atoms with van der Waals surface area (Å²) in [6, 6.07) is 8.23. The molecule has 2 heteroatoms. The first-order valence-electron chi connectivity index (χ1n) is 4.98. The monoisotopic (exact) mass is 189 g/mol. The van der Waals surface area contributed by atoms with Gasteiger partial charge in [-0.05, 0) is 30.5 Å². The Morgan fingerprint density at radius 2 is 2.21 bits per heavy atom. The molecule has 14 heavy (non-hydrogen) atoms. The van der Waals surface area contributed by atoms with E-state index in [1.54, 1.807) is 6.08 Å². The van der Waals surface area contributed by atoms with Gasteiger partial charge in [0, 0.05) is 12.2 Å². The molecule has 0 saturated carbocycles. The number of aliphatic hydroxyl groups is 1. The average Bonchev–Trinajstić information content (AvgIpc) is 2.27. The predicted octanol–water partition coefficient (Wildman–Crippen LogP) is 1.94. The van der Waals surface area contributed by atoms with Gasteiger partial charge in [0.15, 0.2) is 0 Å². The first kappa shape index (κ1) is 9.28. The molecule has 1 heterocycles. The van der Waals surface area contributed by atoms with Gasteiger partial charge in [-0.15, -0.1) is 0 Å². The minimum Gasteiger partial charge on any atom is -0.370 e. The van der Waals surface area contributed by atoms with E-state index in [0.29, 0.717) is 0 Å². The van der Waals surface area contributed by atoms with Crippen LogP contribution in [0.3, 0.4) is 0 Å². The van der Waals surface area contributed by atoms with E-state index < -0.39 is 6.23 Å². The maximum atomic E-state index is 9.74. The van der Waals surface area contributed by atoms with Crippen molar-refractivity contribution in [2.45, 2.75) is 19.1 Å². The molecule has 2 rings (SSSR count). The van der Waals surface area contributed by atoms with Crippen LogP contribution in [0.4, 0.5) is 5.69 Å². The first-order valence-corrected chi connectivity index (χ1v) is 4.98.